The molecule has 28 heavy (non-hydrogen) atoms. The molecule has 0 saturated heterocycles. The highest BCUT2D eigenvalue weighted by Crippen LogP contribution is 2.23. The van der Waals surface area contributed by atoms with Gasteiger partial charge in [-0.2, -0.15) is 5.10 Å². The van der Waals surface area contributed by atoms with Crippen LogP contribution in [0.25, 0.3) is 28.1 Å². The molecule has 0 atom stereocenters. The van der Waals surface area contributed by atoms with E-state index in [0.29, 0.717) is 22.6 Å². The van der Waals surface area contributed by atoms with E-state index in [1.807, 2.05) is 43.6 Å². The molecule has 0 unspecified atom stereocenters. The van der Waals surface area contributed by atoms with Gasteiger partial charge in [0.15, 0.2) is 5.43 Å². The van der Waals surface area contributed by atoms with Gasteiger partial charge in [-0.05, 0) is 42.1 Å². The van der Waals surface area contributed by atoms with E-state index in [1.165, 1.54) is 0 Å². The van der Waals surface area contributed by atoms with Crippen molar-refractivity contribution in [2.45, 2.75) is 25.5 Å². The number of hydrogen-bond acceptors (Lipinski definition) is 5. The molecular formula is C22H22N4OS. The number of aryl methyl sites for hydroxylation is 1. The average Bonchev–Trinajstić information content (AvgIpc) is 2.94. The molecule has 2 aromatic heterocycles. The zero-order valence-corrected chi connectivity index (χ0v) is 17.0. The summed E-state index contributed by atoms with van der Waals surface area (Å²) in [6.07, 6.45) is 12.2. The minimum atomic E-state index is 0.0342. The Kier molecular flexibility index (Phi) is 5.05. The monoisotopic (exact) mass is 390 g/mol. The number of pyridine rings is 1. The molecule has 142 valence electrons. The van der Waals surface area contributed by atoms with E-state index in [1.54, 1.807) is 29.0 Å². The predicted octanol–water partition coefficient (Wildman–Crippen LogP) is 4.09. The first kappa shape index (κ1) is 18.5. The number of allylic oxidation sites excluding steroid dienone is 2. The summed E-state index contributed by atoms with van der Waals surface area (Å²) in [5.41, 5.74) is 5.34. The molecule has 2 heterocycles. The van der Waals surface area contributed by atoms with Crippen LogP contribution in [0.2, 0.25) is 0 Å². The number of rotatable bonds is 4. The van der Waals surface area contributed by atoms with Crippen molar-refractivity contribution >= 4 is 28.9 Å². The zero-order chi connectivity index (χ0) is 19.7. The molecule has 1 aliphatic rings. The van der Waals surface area contributed by atoms with E-state index in [4.69, 9.17) is 0 Å². The maximum Gasteiger partial charge on any atom is 0.192 e. The largest absolute Gasteiger partial charge is 0.330 e. The van der Waals surface area contributed by atoms with Crippen LogP contribution in [-0.2, 0) is 13.5 Å². The van der Waals surface area contributed by atoms with Crippen LogP contribution >= 0.6 is 11.9 Å². The normalized spacial score (nSPS) is 13.4. The Morgan fingerprint density at radius 2 is 2.04 bits per heavy atom. The van der Waals surface area contributed by atoms with Crippen LogP contribution in [0.5, 0.6) is 0 Å². The molecule has 0 spiro atoms. The lowest BCUT2D eigenvalue weighted by molar-refractivity contribution is 0.768. The zero-order valence-electron chi connectivity index (χ0n) is 16.1. The molecule has 3 aromatic rings. The van der Waals surface area contributed by atoms with Crippen LogP contribution in [0.15, 0.2) is 59.4 Å². The Labute approximate surface area is 168 Å². The minimum absolute atomic E-state index is 0.0342. The van der Waals surface area contributed by atoms with E-state index >= 15 is 0 Å². The Balaban J connectivity index is 1.79. The second-order valence-corrected chi connectivity index (χ2v) is 8.50. The number of nitrogens with one attached hydrogen (secondary N) is 1. The summed E-state index contributed by atoms with van der Waals surface area (Å²) in [7, 11) is 1.87. The van der Waals surface area contributed by atoms with Gasteiger partial charge in [0.2, 0.25) is 0 Å². The molecule has 5 nitrogen and oxygen atoms in total. The summed E-state index contributed by atoms with van der Waals surface area (Å²) < 4.78 is 5.10. The maximum atomic E-state index is 13.3. The predicted molar refractivity (Wildman–Crippen MR) is 117 cm³/mol. The van der Waals surface area contributed by atoms with E-state index in [2.05, 4.69) is 34.7 Å². The molecule has 0 fully saturated rings. The molecule has 1 N–H and O–H groups in total. The fraction of sp³-hybridized carbons (Fsp3) is 0.227. The van der Waals surface area contributed by atoms with E-state index in [9.17, 15) is 4.79 Å². The third-order valence-corrected chi connectivity index (χ3v) is 5.45. The lowest BCUT2D eigenvalue weighted by Crippen LogP contribution is -2.08. The van der Waals surface area contributed by atoms with Gasteiger partial charge in [-0.1, -0.05) is 32.1 Å². The summed E-state index contributed by atoms with van der Waals surface area (Å²) in [5.74, 6) is 0. The fourth-order valence-corrected chi connectivity index (χ4v) is 3.69. The van der Waals surface area contributed by atoms with Crippen molar-refractivity contribution in [3.8, 4) is 11.1 Å². The van der Waals surface area contributed by atoms with E-state index < -0.39 is 0 Å². The Morgan fingerprint density at radius 1 is 1.18 bits per heavy atom. The van der Waals surface area contributed by atoms with Crippen LogP contribution in [0.3, 0.4) is 0 Å². The highest BCUT2D eigenvalue weighted by Gasteiger charge is 2.12. The summed E-state index contributed by atoms with van der Waals surface area (Å²) >= 11 is 1.67. The summed E-state index contributed by atoms with van der Waals surface area (Å²) in [6, 6.07) is 5.83. The van der Waals surface area contributed by atoms with Crippen molar-refractivity contribution in [3.63, 3.8) is 0 Å². The summed E-state index contributed by atoms with van der Waals surface area (Å²) in [6.45, 7) is 4.28. The number of hydrogen-bond donors (Lipinski definition) is 1. The standard InChI is InChI=1S/C22H22N4OS/c1-14(2)28-25-18-6-4-15-5-9-21-20(22(27)19(15)8-7-18)10-16(11-23-21)17-12-24-26(3)13-17/h4-7,9-14,25H,8H2,1-3H3. The average molecular weight is 391 g/mol. The molecule has 1 aromatic carbocycles. The molecule has 0 amide bonds. The number of aromatic nitrogens is 3. The van der Waals surface area contributed by atoms with E-state index in [-0.39, 0.29) is 5.43 Å². The third kappa shape index (κ3) is 3.73. The highest BCUT2D eigenvalue weighted by molar-refractivity contribution is 7.98. The summed E-state index contributed by atoms with van der Waals surface area (Å²) in [5, 5.41) is 5.33. The fourth-order valence-electron chi connectivity index (χ4n) is 3.17. The molecule has 0 saturated carbocycles. The molecule has 6 heteroatoms. The molecule has 0 bridgehead atoms. The van der Waals surface area contributed by atoms with Gasteiger partial charge in [0.05, 0.1) is 11.7 Å². The van der Waals surface area contributed by atoms with Gasteiger partial charge >= 0.3 is 0 Å². The van der Waals surface area contributed by atoms with Gasteiger partial charge in [0, 0.05) is 52.5 Å². The van der Waals surface area contributed by atoms with Crippen LogP contribution in [-0.4, -0.2) is 20.0 Å². The van der Waals surface area contributed by atoms with E-state index in [0.717, 1.165) is 28.0 Å². The number of fused-ring (bicyclic) bond motifs is 2. The second kappa shape index (κ2) is 7.64. The lowest BCUT2D eigenvalue weighted by Gasteiger charge is -2.07. The van der Waals surface area contributed by atoms with Crippen LogP contribution < -0.4 is 10.2 Å². The van der Waals surface area contributed by atoms with Crippen LogP contribution in [0.1, 0.15) is 25.0 Å². The van der Waals surface area contributed by atoms with Gasteiger partial charge in [0.1, 0.15) is 0 Å². The number of nitrogens with zero attached hydrogens (tertiary/aromatic N) is 3. The molecule has 0 radical (unpaired) electrons. The van der Waals surface area contributed by atoms with Gasteiger partial charge < -0.3 is 4.72 Å². The molecule has 1 aliphatic carbocycles. The van der Waals surface area contributed by atoms with Gasteiger partial charge in [-0.3, -0.25) is 14.5 Å². The summed E-state index contributed by atoms with van der Waals surface area (Å²) in [4.78, 5) is 17.9. The van der Waals surface area contributed by atoms with Gasteiger partial charge in [-0.15, -0.1) is 0 Å². The Bertz CT molecular complexity index is 1160. The molecule has 0 aliphatic heterocycles. The van der Waals surface area contributed by atoms with Crippen LogP contribution in [0, 0.1) is 0 Å². The first-order chi connectivity index (χ1) is 13.5. The molecular weight excluding hydrogens is 368 g/mol. The van der Waals surface area contributed by atoms with Crippen molar-refractivity contribution < 1.29 is 0 Å². The molecule has 4 rings (SSSR count). The van der Waals surface area contributed by atoms with Crippen molar-refractivity contribution in [1.29, 1.82) is 0 Å². The van der Waals surface area contributed by atoms with Crippen molar-refractivity contribution in [2.24, 2.45) is 7.05 Å². The Hall–Kier alpha value is -2.86. The van der Waals surface area contributed by atoms with Gasteiger partial charge in [0.25, 0.3) is 0 Å². The lowest BCUT2D eigenvalue weighted by atomic mass is 10.1. The first-order valence-electron chi connectivity index (χ1n) is 9.26. The quantitative estimate of drug-likeness (QED) is 0.680. The van der Waals surface area contributed by atoms with Crippen molar-refractivity contribution in [2.75, 3.05) is 0 Å². The minimum Gasteiger partial charge on any atom is -0.330 e. The van der Waals surface area contributed by atoms with Crippen molar-refractivity contribution in [1.82, 2.24) is 19.5 Å². The second-order valence-electron chi connectivity index (χ2n) is 7.12. The highest BCUT2D eigenvalue weighted by atomic mass is 32.2. The van der Waals surface area contributed by atoms with Gasteiger partial charge in [-0.25, -0.2) is 0 Å². The maximum absolute atomic E-state index is 13.3. The van der Waals surface area contributed by atoms with Crippen LogP contribution in [0.4, 0.5) is 0 Å². The van der Waals surface area contributed by atoms with Crippen molar-refractivity contribution in [3.05, 3.63) is 76.0 Å². The first-order valence-corrected chi connectivity index (χ1v) is 10.1. The smallest absolute Gasteiger partial charge is 0.192 e. The Morgan fingerprint density at radius 3 is 2.79 bits per heavy atom. The SMILES string of the molecule is CC(C)SNC1=CCc2c(ccc3ncc(-c4cnn(C)c4)cc3c2=O)C=C1. The third-order valence-electron chi connectivity index (χ3n) is 4.63. The topological polar surface area (TPSA) is 59.8 Å².